The third-order valence-corrected chi connectivity index (χ3v) is 3.29. The van der Waals surface area contributed by atoms with Crippen LogP contribution in [0, 0.1) is 0 Å². The maximum Gasteiger partial charge on any atom is 0.338 e. The van der Waals surface area contributed by atoms with Crippen molar-refractivity contribution >= 4 is 23.3 Å². The molecule has 0 atom stereocenters. The van der Waals surface area contributed by atoms with Gasteiger partial charge < -0.3 is 19.7 Å². The van der Waals surface area contributed by atoms with Gasteiger partial charge in [-0.05, 0) is 30.3 Å². The van der Waals surface area contributed by atoms with Crippen molar-refractivity contribution in [1.29, 1.82) is 0 Å². The van der Waals surface area contributed by atoms with Crippen molar-refractivity contribution in [2.45, 2.75) is 0 Å². The van der Waals surface area contributed by atoms with Gasteiger partial charge in [-0.3, -0.25) is 4.79 Å². The molecule has 2 rings (SSSR count). The standard InChI is InChI=1S/C18H20N2O4/c1-20(2)15-8-4-6-13(10-15)18(22)24-12-17(21)19-14-7-5-9-16(11-14)23-3/h4-11H,12H2,1-3H3,(H,19,21). The number of amides is 1. The predicted octanol–water partition coefficient (Wildman–Crippen LogP) is 2.56. The number of hydrogen-bond acceptors (Lipinski definition) is 5. The molecule has 0 saturated heterocycles. The van der Waals surface area contributed by atoms with E-state index in [2.05, 4.69) is 5.32 Å². The Morgan fingerprint density at radius 1 is 1.08 bits per heavy atom. The van der Waals surface area contributed by atoms with Gasteiger partial charge in [0.15, 0.2) is 6.61 Å². The summed E-state index contributed by atoms with van der Waals surface area (Å²) in [4.78, 5) is 25.8. The lowest BCUT2D eigenvalue weighted by molar-refractivity contribution is -0.119. The third kappa shape index (κ3) is 4.74. The molecular weight excluding hydrogens is 308 g/mol. The van der Waals surface area contributed by atoms with E-state index in [1.807, 2.05) is 25.1 Å². The van der Waals surface area contributed by atoms with E-state index in [4.69, 9.17) is 9.47 Å². The lowest BCUT2D eigenvalue weighted by Gasteiger charge is -2.13. The summed E-state index contributed by atoms with van der Waals surface area (Å²) in [6.07, 6.45) is 0. The molecule has 0 saturated carbocycles. The van der Waals surface area contributed by atoms with Crippen molar-refractivity contribution in [2.24, 2.45) is 0 Å². The topological polar surface area (TPSA) is 67.9 Å². The Hall–Kier alpha value is -3.02. The fourth-order valence-corrected chi connectivity index (χ4v) is 2.02. The van der Waals surface area contributed by atoms with Crippen LogP contribution in [-0.2, 0) is 9.53 Å². The second kappa shape index (κ2) is 8.01. The van der Waals surface area contributed by atoms with Gasteiger partial charge in [-0.25, -0.2) is 4.79 Å². The van der Waals surface area contributed by atoms with E-state index in [0.29, 0.717) is 17.0 Å². The van der Waals surface area contributed by atoms with Crippen LogP contribution >= 0.6 is 0 Å². The Labute approximate surface area is 141 Å². The Bertz CT molecular complexity index is 728. The fourth-order valence-electron chi connectivity index (χ4n) is 2.02. The van der Waals surface area contributed by atoms with Crippen LogP contribution in [0.1, 0.15) is 10.4 Å². The van der Waals surface area contributed by atoms with Gasteiger partial charge in [0, 0.05) is 31.5 Å². The largest absolute Gasteiger partial charge is 0.497 e. The molecule has 24 heavy (non-hydrogen) atoms. The highest BCUT2D eigenvalue weighted by Crippen LogP contribution is 2.17. The third-order valence-electron chi connectivity index (χ3n) is 3.29. The lowest BCUT2D eigenvalue weighted by atomic mass is 10.2. The van der Waals surface area contributed by atoms with E-state index in [0.717, 1.165) is 5.69 Å². The Morgan fingerprint density at radius 2 is 1.83 bits per heavy atom. The number of benzene rings is 2. The molecule has 0 bridgehead atoms. The molecular formula is C18H20N2O4. The number of anilines is 2. The molecule has 0 aliphatic carbocycles. The van der Waals surface area contributed by atoms with Crippen molar-refractivity contribution in [1.82, 2.24) is 0 Å². The molecule has 0 unspecified atom stereocenters. The monoisotopic (exact) mass is 328 g/mol. The van der Waals surface area contributed by atoms with Gasteiger partial charge in [0.2, 0.25) is 0 Å². The quantitative estimate of drug-likeness (QED) is 0.826. The van der Waals surface area contributed by atoms with Crippen molar-refractivity contribution in [2.75, 3.05) is 38.0 Å². The molecule has 0 aliphatic heterocycles. The van der Waals surface area contributed by atoms with Gasteiger partial charge in [0.1, 0.15) is 5.75 Å². The summed E-state index contributed by atoms with van der Waals surface area (Å²) in [5.74, 6) is -0.329. The summed E-state index contributed by atoms with van der Waals surface area (Å²) in [6, 6.07) is 13.9. The zero-order valence-electron chi connectivity index (χ0n) is 13.9. The van der Waals surface area contributed by atoms with E-state index in [9.17, 15) is 9.59 Å². The van der Waals surface area contributed by atoms with Crippen LogP contribution in [0.2, 0.25) is 0 Å². The van der Waals surface area contributed by atoms with E-state index in [1.165, 1.54) is 0 Å². The highest BCUT2D eigenvalue weighted by molar-refractivity contribution is 5.96. The van der Waals surface area contributed by atoms with E-state index in [-0.39, 0.29) is 6.61 Å². The SMILES string of the molecule is COc1cccc(NC(=O)COC(=O)c2cccc(N(C)C)c2)c1. The van der Waals surface area contributed by atoms with Crippen molar-refractivity contribution < 1.29 is 19.1 Å². The van der Waals surface area contributed by atoms with Crippen LogP contribution in [0.4, 0.5) is 11.4 Å². The fraction of sp³-hybridized carbons (Fsp3) is 0.222. The highest BCUT2D eigenvalue weighted by Gasteiger charge is 2.11. The molecule has 0 aromatic heterocycles. The molecule has 6 nitrogen and oxygen atoms in total. The first-order valence-electron chi connectivity index (χ1n) is 7.38. The van der Waals surface area contributed by atoms with Crippen LogP contribution in [-0.4, -0.2) is 39.7 Å². The van der Waals surface area contributed by atoms with Crippen LogP contribution in [0.25, 0.3) is 0 Å². The first-order valence-corrected chi connectivity index (χ1v) is 7.38. The number of ether oxygens (including phenoxy) is 2. The smallest absolute Gasteiger partial charge is 0.338 e. The first-order chi connectivity index (χ1) is 11.5. The first kappa shape index (κ1) is 17.3. The Morgan fingerprint density at radius 3 is 2.54 bits per heavy atom. The van der Waals surface area contributed by atoms with Gasteiger partial charge in [-0.15, -0.1) is 0 Å². The number of methoxy groups -OCH3 is 1. The number of nitrogens with one attached hydrogen (secondary N) is 1. The summed E-state index contributed by atoms with van der Waals surface area (Å²) < 4.78 is 10.1. The summed E-state index contributed by atoms with van der Waals surface area (Å²) >= 11 is 0. The van der Waals surface area contributed by atoms with E-state index >= 15 is 0 Å². The molecule has 0 fully saturated rings. The lowest BCUT2D eigenvalue weighted by Crippen LogP contribution is -2.21. The molecule has 1 amide bonds. The van der Waals surface area contributed by atoms with E-state index < -0.39 is 11.9 Å². The molecule has 2 aromatic rings. The molecule has 0 aliphatic rings. The van der Waals surface area contributed by atoms with Crippen molar-refractivity contribution in [3.05, 3.63) is 54.1 Å². The normalized spacial score (nSPS) is 9.96. The van der Waals surface area contributed by atoms with Gasteiger partial charge >= 0.3 is 5.97 Å². The van der Waals surface area contributed by atoms with Crippen molar-refractivity contribution in [3.63, 3.8) is 0 Å². The minimum Gasteiger partial charge on any atom is -0.497 e. The molecule has 1 N–H and O–H groups in total. The molecule has 6 heteroatoms. The van der Waals surface area contributed by atoms with Crippen molar-refractivity contribution in [3.8, 4) is 5.75 Å². The minimum absolute atomic E-state index is 0.359. The maximum atomic E-state index is 12.0. The summed E-state index contributed by atoms with van der Waals surface area (Å²) in [6.45, 7) is -0.359. The number of rotatable bonds is 6. The number of nitrogens with zero attached hydrogens (tertiary/aromatic N) is 1. The van der Waals surface area contributed by atoms with Crippen LogP contribution in [0.5, 0.6) is 5.75 Å². The zero-order chi connectivity index (χ0) is 17.5. The second-order valence-electron chi connectivity index (χ2n) is 5.30. The Kier molecular flexibility index (Phi) is 5.78. The van der Waals surface area contributed by atoms with Gasteiger partial charge in [0.25, 0.3) is 5.91 Å². The van der Waals surface area contributed by atoms with Crippen LogP contribution in [0.3, 0.4) is 0 Å². The predicted molar refractivity (Wildman–Crippen MR) is 92.7 cm³/mol. The number of esters is 1. The minimum atomic E-state index is -0.542. The molecule has 126 valence electrons. The summed E-state index contributed by atoms with van der Waals surface area (Å²) in [5.41, 5.74) is 1.85. The number of carbonyl (C=O) groups excluding carboxylic acids is 2. The Balaban J connectivity index is 1.91. The average molecular weight is 328 g/mol. The maximum absolute atomic E-state index is 12.0. The van der Waals surface area contributed by atoms with Gasteiger partial charge in [-0.1, -0.05) is 12.1 Å². The zero-order valence-corrected chi connectivity index (χ0v) is 13.9. The molecule has 2 aromatic carbocycles. The van der Waals surface area contributed by atoms with E-state index in [1.54, 1.807) is 49.6 Å². The number of carbonyl (C=O) groups is 2. The summed E-state index contributed by atoms with van der Waals surface area (Å²) in [7, 11) is 5.31. The van der Waals surface area contributed by atoms with Crippen LogP contribution < -0.4 is 15.0 Å². The molecule has 0 radical (unpaired) electrons. The number of hydrogen-bond donors (Lipinski definition) is 1. The van der Waals surface area contributed by atoms with Crippen LogP contribution in [0.15, 0.2) is 48.5 Å². The second-order valence-corrected chi connectivity index (χ2v) is 5.30. The van der Waals surface area contributed by atoms with Gasteiger partial charge in [-0.2, -0.15) is 0 Å². The summed E-state index contributed by atoms with van der Waals surface area (Å²) in [5, 5.41) is 2.65. The average Bonchev–Trinajstić information content (AvgIpc) is 2.60. The molecule has 0 spiro atoms. The highest BCUT2D eigenvalue weighted by atomic mass is 16.5. The molecule has 0 heterocycles. The van der Waals surface area contributed by atoms with Gasteiger partial charge in [0.05, 0.1) is 12.7 Å².